The number of benzene rings is 2. The van der Waals surface area contributed by atoms with Gasteiger partial charge in [-0.1, -0.05) is 25.1 Å². The molecule has 0 heterocycles. The molecule has 0 radical (unpaired) electrons. The van der Waals surface area contributed by atoms with Crippen LogP contribution in [0, 0.1) is 5.82 Å². The highest BCUT2D eigenvalue weighted by Gasteiger charge is 2.07. The van der Waals surface area contributed by atoms with Gasteiger partial charge in [0, 0.05) is 12.1 Å². The van der Waals surface area contributed by atoms with Crippen molar-refractivity contribution >= 4 is 5.91 Å². The molecule has 5 heteroatoms. The second kappa shape index (κ2) is 9.03. The van der Waals surface area contributed by atoms with Crippen LogP contribution in [0.5, 0.6) is 5.75 Å². The van der Waals surface area contributed by atoms with Crippen molar-refractivity contribution in [3.63, 3.8) is 0 Å². The average molecular weight is 331 g/mol. The molecular weight excluding hydrogens is 309 g/mol. The van der Waals surface area contributed by atoms with Crippen LogP contribution in [0.4, 0.5) is 4.39 Å². The number of hydrogen-bond donors (Lipinski definition) is 2. The molecule has 0 aliphatic carbocycles. The van der Waals surface area contributed by atoms with E-state index in [1.165, 1.54) is 6.07 Å². The highest BCUT2D eigenvalue weighted by molar-refractivity contribution is 5.78. The molecule has 0 aromatic heterocycles. The number of aliphatic hydroxyl groups excluding tert-OH is 1. The van der Waals surface area contributed by atoms with Crippen LogP contribution in [-0.2, 0) is 24.4 Å². The second-order valence-electron chi connectivity index (χ2n) is 5.53. The van der Waals surface area contributed by atoms with Gasteiger partial charge in [-0.2, -0.15) is 0 Å². The number of halogens is 1. The maximum Gasteiger partial charge on any atom is 0.224 e. The van der Waals surface area contributed by atoms with Crippen molar-refractivity contribution in [2.24, 2.45) is 0 Å². The molecule has 2 rings (SSSR count). The first kappa shape index (κ1) is 17.9. The lowest BCUT2D eigenvalue weighted by Gasteiger charge is -2.09. The molecule has 2 N–H and O–H groups in total. The summed E-state index contributed by atoms with van der Waals surface area (Å²) in [5, 5.41) is 11.9. The van der Waals surface area contributed by atoms with Gasteiger partial charge in [0.2, 0.25) is 5.91 Å². The van der Waals surface area contributed by atoms with Crippen molar-refractivity contribution in [3.8, 4) is 5.75 Å². The van der Waals surface area contributed by atoms with Gasteiger partial charge in [-0.3, -0.25) is 4.79 Å². The third-order valence-electron chi connectivity index (χ3n) is 3.51. The van der Waals surface area contributed by atoms with Crippen LogP contribution in [0.3, 0.4) is 0 Å². The minimum absolute atomic E-state index is 0.127. The topological polar surface area (TPSA) is 58.6 Å². The molecule has 4 nitrogen and oxygen atoms in total. The minimum atomic E-state index is -0.448. The highest BCUT2D eigenvalue weighted by Crippen LogP contribution is 2.14. The molecule has 128 valence electrons. The number of nitrogens with one attached hydrogen (secondary N) is 1. The van der Waals surface area contributed by atoms with E-state index in [0.29, 0.717) is 6.61 Å². The summed E-state index contributed by atoms with van der Waals surface area (Å²) in [6, 6.07) is 11.9. The normalized spacial score (nSPS) is 10.5. The molecule has 0 spiro atoms. The standard InChI is InChI=1S/C19H22FNO3/c1-2-8-24-17-5-3-4-14(10-17)11-19(23)21-12-15-6-7-18(20)16(9-15)13-22/h3-7,9-10,22H,2,8,11-13H2,1H3,(H,21,23). The van der Waals surface area contributed by atoms with Crippen molar-refractivity contribution in [2.75, 3.05) is 6.61 Å². The van der Waals surface area contributed by atoms with Crippen LogP contribution in [0.1, 0.15) is 30.0 Å². The summed E-state index contributed by atoms with van der Waals surface area (Å²) in [5.74, 6) is 0.183. The molecule has 2 aromatic rings. The van der Waals surface area contributed by atoms with Gasteiger partial charge in [0.05, 0.1) is 19.6 Å². The second-order valence-corrected chi connectivity index (χ2v) is 5.53. The summed E-state index contributed by atoms with van der Waals surface area (Å²) < 4.78 is 18.9. The predicted octanol–water partition coefficient (Wildman–Crippen LogP) is 2.97. The zero-order valence-corrected chi connectivity index (χ0v) is 13.7. The van der Waals surface area contributed by atoms with Gasteiger partial charge in [-0.05, 0) is 41.8 Å². The Labute approximate surface area is 141 Å². The number of carbonyl (C=O) groups excluding carboxylic acids is 1. The van der Waals surface area contributed by atoms with Crippen LogP contribution in [0.15, 0.2) is 42.5 Å². The quantitative estimate of drug-likeness (QED) is 0.782. The van der Waals surface area contributed by atoms with Crippen LogP contribution in [-0.4, -0.2) is 17.6 Å². The molecule has 1 amide bonds. The number of carbonyl (C=O) groups is 1. The monoisotopic (exact) mass is 331 g/mol. The molecule has 0 fully saturated rings. The summed E-state index contributed by atoms with van der Waals surface area (Å²) in [6.07, 6.45) is 1.18. The van der Waals surface area contributed by atoms with Crippen molar-refractivity contribution in [3.05, 3.63) is 65.0 Å². The van der Waals surface area contributed by atoms with Gasteiger partial charge >= 0.3 is 0 Å². The van der Waals surface area contributed by atoms with Gasteiger partial charge in [-0.25, -0.2) is 4.39 Å². The molecule has 0 unspecified atom stereocenters. The van der Waals surface area contributed by atoms with E-state index in [9.17, 15) is 9.18 Å². The molecule has 0 bridgehead atoms. The first-order valence-electron chi connectivity index (χ1n) is 7.99. The fourth-order valence-electron chi connectivity index (χ4n) is 2.27. The number of aliphatic hydroxyl groups is 1. The van der Waals surface area contributed by atoms with Crippen LogP contribution >= 0.6 is 0 Å². The van der Waals surface area contributed by atoms with Crippen molar-refractivity contribution in [1.82, 2.24) is 5.32 Å². The smallest absolute Gasteiger partial charge is 0.224 e. The van der Waals surface area contributed by atoms with E-state index in [1.54, 1.807) is 12.1 Å². The summed E-state index contributed by atoms with van der Waals surface area (Å²) in [7, 11) is 0. The van der Waals surface area contributed by atoms with E-state index in [1.807, 2.05) is 31.2 Å². The van der Waals surface area contributed by atoms with Gasteiger partial charge in [-0.15, -0.1) is 0 Å². The Kier molecular flexibility index (Phi) is 6.75. The van der Waals surface area contributed by atoms with Crippen LogP contribution < -0.4 is 10.1 Å². The molecule has 0 aliphatic rings. The summed E-state index contributed by atoms with van der Waals surface area (Å²) in [5.41, 5.74) is 1.84. The van der Waals surface area contributed by atoms with Crippen molar-refractivity contribution in [1.29, 1.82) is 0 Å². The number of rotatable bonds is 8. The van der Waals surface area contributed by atoms with Gasteiger partial charge in [0.1, 0.15) is 11.6 Å². The van der Waals surface area contributed by atoms with Gasteiger partial charge < -0.3 is 15.2 Å². The van der Waals surface area contributed by atoms with E-state index in [-0.39, 0.29) is 31.0 Å². The zero-order valence-electron chi connectivity index (χ0n) is 13.7. The molecule has 0 atom stereocenters. The van der Waals surface area contributed by atoms with Crippen molar-refractivity contribution < 1.29 is 19.0 Å². The molecule has 0 saturated carbocycles. The first-order valence-corrected chi connectivity index (χ1v) is 7.99. The summed E-state index contributed by atoms with van der Waals surface area (Å²) in [4.78, 5) is 12.1. The molecule has 0 aliphatic heterocycles. The predicted molar refractivity (Wildman–Crippen MR) is 90.1 cm³/mol. The van der Waals surface area contributed by atoms with Crippen LogP contribution in [0.2, 0.25) is 0 Å². The Morgan fingerprint density at radius 1 is 1.21 bits per heavy atom. The number of amides is 1. The van der Waals surface area contributed by atoms with E-state index in [4.69, 9.17) is 9.84 Å². The maximum absolute atomic E-state index is 13.3. The van der Waals surface area contributed by atoms with E-state index >= 15 is 0 Å². The third-order valence-corrected chi connectivity index (χ3v) is 3.51. The lowest BCUT2D eigenvalue weighted by Crippen LogP contribution is -2.24. The Hall–Kier alpha value is -2.40. The molecule has 2 aromatic carbocycles. The Bertz CT molecular complexity index is 688. The fraction of sp³-hybridized carbons (Fsp3) is 0.316. The lowest BCUT2D eigenvalue weighted by molar-refractivity contribution is -0.120. The fourth-order valence-corrected chi connectivity index (χ4v) is 2.27. The number of ether oxygens (including phenoxy) is 1. The SMILES string of the molecule is CCCOc1cccc(CC(=O)NCc2ccc(F)c(CO)c2)c1. The Balaban J connectivity index is 1.89. The summed E-state index contributed by atoms with van der Waals surface area (Å²) in [6.45, 7) is 2.61. The summed E-state index contributed by atoms with van der Waals surface area (Å²) >= 11 is 0. The minimum Gasteiger partial charge on any atom is -0.494 e. The van der Waals surface area contributed by atoms with E-state index in [0.717, 1.165) is 23.3 Å². The lowest BCUT2D eigenvalue weighted by atomic mass is 10.1. The molecule has 24 heavy (non-hydrogen) atoms. The largest absolute Gasteiger partial charge is 0.494 e. The first-order chi connectivity index (χ1) is 11.6. The maximum atomic E-state index is 13.3. The Morgan fingerprint density at radius 2 is 2.04 bits per heavy atom. The van der Waals surface area contributed by atoms with Crippen molar-refractivity contribution in [2.45, 2.75) is 32.9 Å². The van der Waals surface area contributed by atoms with E-state index in [2.05, 4.69) is 5.32 Å². The molecule has 0 saturated heterocycles. The van der Waals surface area contributed by atoms with E-state index < -0.39 is 5.82 Å². The number of hydrogen-bond acceptors (Lipinski definition) is 3. The molecular formula is C19H22FNO3. The highest BCUT2D eigenvalue weighted by atomic mass is 19.1. The average Bonchev–Trinajstić information content (AvgIpc) is 2.59. The van der Waals surface area contributed by atoms with Crippen LogP contribution in [0.25, 0.3) is 0 Å². The Morgan fingerprint density at radius 3 is 2.79 bits per heavy atom. The van der Waals surface area contributed by atoms with Gasteiger partial charge in [0.25, 0.3) is 0 Å². The van der Waals surface area contributed by atoms with Gasteiger partial charge in [0.15, 0.2) is 0 Å². The zero-order chi connectivity index (χ0) is 17.4. The third kappa shape index (κ3) is 5.35.